The van der Waals surface area contributed by atoms with Crippen molar-refractivity contribution in [2.24, 2.45) is 0 Å². The van der Waals surface area contributed by atoms with Crippen LogP contribution in [0, 0.1) is 6.92 Å². The van der Waals surface area contributed by atoms with E-state index < -0.39 is 0 Å². The Morgan fingerprint density at radius 3 is 3.04 bits per heavy atom. The van der Waals surface area contributed by atoms with Crippen molar-refractivity contribution in [3.63, 3.8) is 0 Å². The topological polar surface area (TPSA) is 59.2 Å². The van der Waals surface area contributed by atoms with E-state index in [2.05, 4.69) is 36.2 Å². The third-order valence-electron chi connectivity index (χ3n) is 4.25. The van der Waals surface area contributed by atoms with Crippen LogP contribution in [0.25, 0.3) is 5.78 Å². The van der Waals surface area contributed by atoms with Crippen molar-refractivity contribution >= 4 is 17.5 Å². The van der Waals surface area contributed by atoms with E-state index in [9.17, 15) is 0 Å². The molecule has 0 radical (unpaired) electrons. The second-order valence-electron chi connectivity index (χ2n) is 5.72. The molecule has 4 rings (SSSR count). The number of aromatic nitrogens is 5. The van der Waals surface area contributed by atoms with Gasteiger partial charge in [0.1, 0.15) is 0 Å². The Morgan fingerprint density at radius 1 is 1.26 bits per heavy atom. The molecule has 6 nitrogen and oxygen atoms in total. The fourth-order valence-corrected chi connectivity index (χ4v) is 3.40. The Morgan fingerprint density at radius 2 is 2.17 bits per heavy atom. The largest absolute Gasteiger partial charge is 0.293 e. The van der Waals surface area contributed by atoms with Crippen molar-refractivity contribution in [3.8, 4) is 0 Å². The summed E-state index contributed by atoms with van der Waals surface area (Å²) in [6.07, 6.45) is 8.77. The van der Waals surface area contributed by atoms with Gasteiger partial charge >= 0.3 is 0 Å². The first-order valence-electron chi connectivity index (χ1n) is 7.64. The number of thioether (sulfide) groups is 1. The highest BCUT2D eigenvalue weighted by Crippen LogP contribution is 2.21. The number of fused-ring (bicyclic) bond motifs is 2. The molecule has 3 aromatic rings. The van der Waals surface area contributed by atoms with Crippen LogP contribution < -0.4 is 0 Å². The van der Waals surface area contributed by atoms with E-state index in [1.54, 1.807) is 18.0 Å². The predicted molar refractivity (Wildman–Crippen MR) is 89.4 cm³/mol. The van der Waals surface area contributed by atoms with Crippen LogP contribution in [0.5, 0.6) is 0 Å². The normalized spacial score (nSPS) is 15.0. The van der Waals surface area contributed by atoms with Gasteiger partial charge in [-0.15, -0.1) is 0 Å². The van der Waals surface area contributed by atoms with Crippen LogP contribution in [0.4, 0.5) is 0 Å². The van der Waals surface area contributed by atoms with Crippen molar-refractivity contribution in [1.82, 2.24) is 29.2 Å². The molecule has 0 unspecified atom stereocenters. The van der Waals surface area contributed by atoms with Gasteiger partial charge in [0.05, 0.1) is 17.1 Å². The summed E-state index contributed by atoms with van der Waals surface area (Å²) < 4.78 is 2.08. The number of nitrogens with zero attached hydrogens (tertiary/aromatic N) is 6. The molecule has 0 saturated carbocycles. The molecule has 23 heavy (non-hydrogen) atoms. The van der Waals surface area contributed by atoms with Crippen molar-refractivity contribution in [3.05, 3.63) is 47.3 Å². The minimum absolute atomic E-state index is 0.769. The third kappa shape index (κ3) is 2.70. The van der Waals surface area contributed by atoms with Crippen LogP contribution in [-0.2, 0) is 19.5 Å². The van der Waals surface area contributed by atoms with E-state index in [1.165, 1.54) is 17.0 Å². The van der Waals surface area contributed by atoms with Gasteiger partial charge in [0, 0.05) is 50.2 Å². The van der Waals surface area contributed by atoms with Crippen LogP contribution in [0.2, 0.25) is 0 Å². The van der Waals surface area contributed by atoms with Gasteiger partial charge in [-0.3, -0.25) is 9.30 Å². The molecule has 7 heteroatoms. The molecule has 0 aromatic carbocycles. The molecular weight excluding hydrogens is 308 g/mol. The van der Waals surface area contributed by atoms with Crippen molar-refractivity contribution < 1.29 is 0 Å². The lowest BCUT2D eigenvalue weighted by atomic mass is 10.1. The number of hydrogen-bond donors (Lipinski definition) is 0. The van der Waals surface area contributed by atoms with E-state index in [1.807, 2.05) is 24.7 Å². The van der Waals surface area contributed by atoms with Gasteiger partial charge in [0.15, 0.2) is 5.16 Å². The second-order valence-corrected chi connectivity index (χ2v) is 6.50. The zero-order valence-electron chi connectivity index (χ0n) is 13.2. The molecule has 0 amide bonds. The van der Waals surface area contributed by atoms with Gasteiger partial charge in [-0.05, 0) is 19.2 Å². The number of rotatable bonds is 3. The minimum Gasteiger partial charge on any atom is -0.293 e. The van der Waals surface area contributed by atoms with Gasteiger partial charge in [-0.2, -0.15) is 0 Å². The second kappa shape index (κ2) is 5.90. The lowest BCUT2D eigenvalue weighted by Crippen LogP contribution is -2.31. The van der Waals surface area contributed by atoms with E-state index in [4.69, 9.17) is 0 Å². The smallest absolute Gasteiger partial charge is 0.234 e. The minimum atomic E-state index is 0.769. The molecule has 118 valence electrons. The van der Waals surface area contributed by atoms with E-state index in [0.29, 0.717) is 0 Å². The Balaban J connectivity index is 1.59. The Bertz CT molecular complexity index is 859. The zero-order valence-corrected chi connectivity index (χ0v) is 14.0. The number of hydrogen-bond acceptors (Lipinski definition) is 6. The average molecular weight is 326 g/mol. The molecule has 4 heterocycles. The lowest BCUT2D eigenvalue weighted by Gasteiger charge is -2.27. The lowest BCUT2D eigenvalue weighted by molar-refractivity contribution is 0.238. The predicted octanol–water partition coefficient (Wildman–Crippen LogP) is 2.11. The molecule has 0 aliphatic carbocycles. The van der Waals surface area contributed by atoms with Gasteiger partial charge in [0.25, 0.3) is 0 Å². The van der Waals surface area contributed by atoms with Crippen molar-refractivity contribution in [1.29, 1.82) is 0 Å². The standard InChI is InChI=1S/C16H18N6S/c1-11-14(22-6-3-5-17-15(22)19-11)10-21-7-4-13-12(9-21)8-18-16(20-13)23-2/h3,5-6,8H,4,7,9-10H2,1-2H3. The Labute approximate surface area is 139 Å². The van der Waals surface area contributed by atoms with Gasteiger partial charge in [0.2, 0.25) is 5.78 Å². The Hall–Kier alpha value is -1.99. The average Bonchev–Trinajstić information content (AvgIpc) is 2.90. The summed E-state index contributed by atoms with van der Waals surface area (Å²) in [5, 5.41) is 0.862. The maximum atomic E-state index is 4.63. The molecule has 0 atom stereocenters. The summed E-state index contributed by atoms with van der Waals surface area (Å²) >= 11 is 1.60. The molecule has 3 aromatic heterocycles. The van der Waals surface area contributed by atoms with E-state index >= 15 is 0 Å². The zero-order chi connectivity index (χ0) is 15.8. The van der Waals surface area contributed by atoms with Gasteiger partial charge < -0.3 is 0 Å². The van der Waals surface area contributed by atoms with Crippen molar-refractivity contribution in [2.75, 3.05) is 12.8 Å². The maximum Gasteiger partial charge on any atom is 0.234 e. The highest BCUT2D eigenvalue weighted by molar-refractivity contribution is 7.98. The number of aryl methyl sites for hydroxylation is 1. The summed E-state index contributed by atoms with van der Waals surface area (Å²) in [5.74, 6) is 0.769. The first-order chi connectivity index (χ1) is 11.2. The van der Waals surface area contributed by atoms with Crippen LogP contribution in [-0.4, -0.2) is 42.0 Å². The van der Waals surface area contributed by atoms with Crippen LogP contribution in [0.3, 0.4) is 0 Å². The fourth-order valence-electron chi connectivity index (χ4n) is 3.04. The van der Waals surface area contributed by atoms with Crippen LogP contribution in [0.15, 0.2) is 29.8 Å². The van der Waals surface area contributed by atoms with Gasteiger partial charge in [-0.25, -0.2) is 19.9 Å². The summed E-state index contributed by atoms with van der Waals surface area (Å²) in [6, 6.07) is 1.95. The molecule has 0 fully saturated rings. The van der Waals surface area contributed by atoms with E-state index in [0.717, 1.165) is 42.7 Å². The summed E-state index contributed by atoms with van der Waals surface area (Å²) in [5.41, 5.74) is 4.68. The molecule has 0 bridgehead atoms. The summed E-state index contributed by atoms with van der Waals surface area (Å²) in [6.45, 7) is 4.81. The highest BCUT2D eigenvalue weighted by Gasteiger charge is 2.20. The maximum absolute atomic E-state index is 4.63. The fraction of sp³-hybridized carbons (Fsp3) is 0.375. The summed E-state index contributed by atoms with van der Waals surface area (Å²) in [4.78, 5) is 20.3. The molecular formula is C16H18N6S. The summed E-state index contributed by atoms with van der Waals surface area (Å²) in [7, 11) is 0. The molecule has 0 saturated heterocycles. The highest BCUT2D eigenvalue weighted by atomic mass is 32.2. The molecule has 0 N–H and O–H groups in total. The number of imidazole rings is 1. The first-order valence-corrected chi connectivity index (χ1v) is 8.87. The van der Waals surface area contributed by atoms with Crippen molar-refractivity contribution in [2.45, 2.75) is 31.6 Å². The van der Waals surface area contributed by atoms with Crippen LogP contribution >= 0.6 is 11.8 Å². The molecule has 1 aliphatic rings. The first kappa shape index (κ1) is 14.6. The molecule has 0 spiro atoms. The monoisotopic (exact) mass is 326 g/mol. The van der Waals surface area contributed by atoms with Crippen LogP contribution in [0.1, 0.15) is 22.6 Å². The van der Waals surface area contributed by atoms with E-state index in [-0.39, 0.29) is 0 Å². The quantitative estimate of drug-likeness (QED) is 0.543. The molecule has 1 aliphatic heterocycles. The van der Waals surface area contributed by atoms with Gasteiger partial charge in [-0.1, -0.05) is 11.8 Å². The SMILES string of the molecule is CSc1ncc2c(n1)CCN(Cc1c(C)nc3ncccn13)C2. The third-order valence-corrected chi connectivity index (χ3v) is 4.81. The Kier molecular flexibility index (Phi) is 3.74.